The first-order valence-electron chi connectivity index (χ1n) is 9.57. The van der Waals surface area contributed by atoms with E-state index in [-0.39, 0.29) is 5.69 Å². The zero-order valence-electron chi connectivity index (χ0n) is 16.3. The van der Waals surface area contributed by atoms with Crippen molar-refractivity contribution in [3.8, 4) is 22.9 Å². The molecule has 0 radical (unpaired) electrons. The normalized spacial score (nSPS) is 11.7. The van der Waals surface area contributed by atoms with Crippen LogP contribution in [0, 0.1) is 11.3 Å². The smallest absolute Gasteiger partial charge is 0.304 e. The van der Waals surface area contributed by atoms with Gasteiger partial charge in [-0.2, -0.15) is 18.4 Å². The highest BCUT2D eigenvalue weighted by Crippen LogP contribution is 2.32. The molecule has 0 amide bonds. The van der Waals surface area contributed by atoms with Crippen LogP contribution in [0.2, 0.25) is 0 Å². The second-order valence-corrected chi connectivity index (χ2v) is 7.26. The minimum atomic E-state index is -4.53. The second kappa shape index (κ2) is 7.10. The third-order valence-corrected chi connectivity index (χ3v) is 5.26. The van der Waals surface area contributed by atoms with E-state index in [9.17, 15) is 23.2 Å². The van der Waals surface area contributed by atoms with Gasteiger partial charge in [0.2, 0.25) is 0 Å². The van der Waals surface area contributed by atoms with Crippen molar-refractivity contribution in [2.75, 3.05) is 0 Å². The van der Waals surface area contributed by atoms with E-state index in [1.54, 1.807) is 24.3 Å². The summed E-state index contributed by atoms with van der Waals surface area (Å²) < 4.78 is 41.0. The maximum Gasteiger partial charge on any atom is 0.416 e. The van der Waals surface area contributed by atoms with E-state index in [0.29, 0.717) is 27.5 Å². The molecule has 0 spiro atoms. The lowest BCUT2D eigenvalue weighted by Crippen LogP contribution is -2.15. The van der Waals surface area contributed by atoms with Crippen LogP contribution in [0.25, 0.3) is 38.8 Å². The fraction of sp³-hybridized carbons (Fsp3) is 0.0417. The summed E-state index contributed by atoms with van der Waals surface area (Å²) in [4.78, 5) is 19.8. The SMILES string of the molecule is N#Cc1cccc(-c2ccc3ncc4[nH]c(=O)n(-c5cccc(C(F)(F)F)c5)c4c3c2)c1. The molecule has 0 aliphatic carbocycles. The van der Waals surface area contributed by atoms with Crippen LogP contribution in [0.5, 0.6) is 0 Å². The van der Waals surface area contributed by atoms with Crippen LogP contribution in [0.4, 0.5) is 13.2 Å². The lowest BCUT2D eigenvalue weighted by Gasteiger charge is -2.11. The highest BCUT2D eigenvalue weighted by Gasteiger charge is 2.30. The quantitative estimate of drug-likeness (QED) is 0.406. The predicted octanol–water partition coefficient (Wildman–Crippen LogP) is 5.42. The summed E-state index contributed by atoms with van der Waals surface area (Å²) in [5, 5.41) is 9.78. The average Bonchev–Trinajstić information content (AvgIpc) is 3.14. The molecule has 0 saturated carbocycles. The number of nitrogens with one attached hydrogen (secondary N) is 1. The molecule has 1 N–H and O–H groups in total. The van der Waals surface area contributed by atoms with Crippen molar-refractivity contribution < 1.29 is 13.2 Å². The molecule has 0 unspecified atom stereocenters. The van der Waals surface area contributed by atoms with Crippen LogP contribution >= 0.6 is 0 Å². The summed E-state index contributed by atoms with van der Waals surface area (Å²) in [5.41, 5.74) is 2.19. The first kappa shape index (κ1) is 19.6. The van der Waals surface area contributed by atoms with Gasteiger partial charge >= 0.3 is 11.9 Å². The van der Waals surface area contributed by atoms with Crippen LogP contribution in [-0.4, -0.2) is 14.5 Å². The van der Waals surface area contributed by atoms with Crippen LogP contribution in [-0.2, 0) is 6.18 Å². The number of fused-ring (bicyclic) bond motifs is 3. The van der Waals surface area contributed by atoms with Gasteiger partial charge in [0, 0.05) is 5.39 Å². The zero-order valence-corrected chi connectivity index (χ0v) is 16.3. The topological polar surface area (TPSA) is 74.5 Å². The summed E-state index contributed by atoms with van der Waals surface area (Å²) in [6, 6.07) is 19.2. The minimum absolute atomic E-state index is 0.0976. The summed E-state index contributed by atoms with van der Waals surface area (Å²) in [6.45, 7) is 0. The maximum absolute atomic E-state index is 13.3. The number of halogens is 3. The third-order valence-electron chi connectivity index (χ3n) is 5.26. The number of H-pyrrole nitrogens is 1. The minimum Gasteiger partial charge on any atom is -0.304 e. The van der Waals surface area contributed by atoms with Gasteiger partial charge in [0.05, 0.1) is 45.6 Å². The molecule has 0 aliphatic rings. The Bertz CT molecular complexity index is 1610. The number of nitrogens with zero attached hydrogens (tertiary/aromatic N) is 3. The van der Waals surface area contributed by atoms with Crippen molar-refractivity contribution >= 4 is 21.9 Å². The molecule has 3 aromatic carbocycles. The Morgan fingerprint density at radius 2 is 1.75 bits per heavy atom. The van der Waals surface area contributed by atoms with Gasteiger partial charge in [-0.1, -0.05) is 24.3 Å². The largest absolute Gasteiger partial charge is 0.416 e. The van der Waals surface area contributed by atoms with Crippen molar-refractivity contribution in [1.29, 1.82) is 5.26 Å². The van der Waals surface area contributed by atoms with Gasteiger partial charge in [-0.25, -0.2) is 4.79 Å². The summed E-state index contributed by atoms with van der Waals surface area (Å²) in [5.74, 6) is 0. The number of aromatic nitrogens is 3. The van der Waals surface area contributed by atoms with Crippen LogP contribution in [0.15, 0.2) is 77.7 Å². The van der Waals surface area contributed by atoms with Gasteiger partial charge in [0.15, 0.2) is 0 Å². The molecule has 0 fully saturated rings. The number of rotatable bonds is 2. The van der Waals surface area contributed by atoms with Gasteiger partial charge < -0.3 is 4.98 Å². The number of alkyl halides is 3. The number of nitriles is 1. The van der Waals surface area contributed by atoms with Crippen molar-refractivity contribution in [3.05, 3.63) is 94.5 Å². The average molecular weight is 430 g/mol. The van der Waals surface area contributed by atoms with Crippen molar-refractivity contribution in [1.82, 2.24) is 14.5 Å². The molecular weight excluding hydrogens is 417 g/mol. The molecular formula is C24H13F3N4O. The number of imidazole rings is 1. The molecule has 156 valence electrons. The number of pyridine rings is 1. The maximum atomic E-state index is 13.3. The van der Waals surface area contributed by atoms with Crippen molar-refractivity contribution in [3.63, 3.8) is 0 Å². The number of hydrogen-bond donors (Lipinski definition) is 1. The number of benzene rings is 3. The van der Waals surface area contributed by atoms with Crippen LogP contribution in [0.1, 0.15) is 11.1 Å². The Balaban J connectivity index is 1.80. The van der Waals surface area contributed by atoms with E-state index in [4.69, 9.17) is 0 Å². The van der Waals surface area contributed by atoms with E-state index in [1.807, 2.05) is 18.2 Å². The standard InChI is InChI=1S/C24H13F3N4O/c25-24(26,27)17-5-2-6-18(11-17)31-22-19-10-16(15-4-1-3-14(9-15)12-28)7-8-20(19)29-13-21(22)30-23(31)32/h1-11,13H,(H,30,32). The lowest BCUT2D eigenvalue weighted by molar-refractivity contribution is -0.137. The lowest BCUT2D eigenvalue weighted by atomic mass is 10.0. The third kappa shape index (κ3) is 3.20. The fourth-order valence-electron chi connectivity index (χ4n) is 3.80. The molecule has 0 aliphatic heterocycles. The summed E-state index contributed by atoms with van der Waals surface area (Å²) in [7, 11) is 0. The van der Waals surface area contributed by atoms with E-state index in [1.165, 1.54) is 22.9 Å². The Morgan fingerprint density at radius 1 is 0.969 bits per heavy atom. The van der Waals surface area contributed by atoms with E-state index >= 15 is 0 Å². The number of aromatic amines is 1. The van der Waals surface area contributed by atoms with Gasteiger partial charge in [0.25, 0.3) is 0 Å². The van der Waals surface area contributed by atoms with Crippen LogP contribution < -0.4 is 5.69 Å². The molecule has 8 heteroatoms. The Labute approximate surface area is 179 Å². The zero-order chi connectivity index (χ0) is 22.5. The van der Waals surface area contributed by atoms with E-state index < -0.39 is 17.4 Å². The molecule has 2 heterocycles. The van der Waals surface area contributed by atoms with E-state index in [0.717, 1.165) is 23.3 Å². The fourth-order valence-corrected chi connectivity index (χ4v) is 3.80. The Kier molecular flexibility index (Phi) is 4.34. The second-order valence-electron chi connectivity index (χ2n) is 7.26. The molecule has 0 bridgehead atoms. The Morgan fingerprint density at radius 3 is 2.53 bits per heavy atom. The Hall–Kier alpha value is -4.38. The van der Waals surface area contributed by atoms with Crippen molar-refractivity contribution in [2.45, 2.75) is 6.18 Å². The predicted molar refractivity (Wildman–Crippen MR) is 114 cm³/mol. The monoisotopic (exact) mass is 430 g/mol. The van der Waals surface area contributed by atoms with Gasteiger partial charge in [-0.15, -0.1) is 0 Å². The first-order valence-corrected chi connectivity index (χ1v) is 9.57. The highest BCUT2D eigenvalue weighted by molar-refractivity contribution is 6.04. The molecule has 2 aromatic heterocycles. The van der Waals surface area contributed by atoms with E-state index in [2.05, 4.69) is 16.0 Å². The summed E-state index contributed by atoms with van der Waals surface area (Å²) in [6.07, 6.45) is -3.05. The molecule has 32 heavy (non-hydrogen) atoms. The molecule has 5 aromatic rings. The molecule has 5 rings (SSSR count). The van der Waals surface area contributed by atoms with Crippen molar-refractivity contribution in [2.24, 2.45) is 0 Å². The molecule has 5 nitrogen and oxygen atoms in total. The summed E-state index contributed by atoms with van der Waals surface area (Å²) >= 11 is 0. The first-order chi connectivity index (χ1) is 15.3. The van der Waals surface area contributed by atoms with Gasteiger partial charge in [0.1, 0.15) is 0 Å². The highest BCUT2D eigenvalue weighted by atomic mass is 19.4. The molecule has 0 saturated heterocycles. The van der Waals surface area contributed by atoms with Crippen LogP contribution in [0.3, 0.4) is 0 Å². The number of hydrogen-bond acceptors (Lipinski definition) is 3. The van der Waals surface area contributed by atoms with Gasteiger partial charge in [-0.3, -0.25) is 9.55 Å². The molecule has 0 atom stereocenters. The van der Waals surface area contributed by atoms with Gasteiger partial charge in [-0.05, 0) is 53.6 Å².